The molecular formula is C14H22NO3S-. The molecule has 0 aliphatic carbocycles. The zero-order valence-corrected chi connectivity index (χ0v) is 12.2. The first-order valence-electron chi connectivity index (χ1n) is 6.81. The standard InChI is InChI=1S/C14H23NO3S/c1-2-3-4-5-6-7-12-18-14-10-8-13(9-11-14)15-19(16)17/h8-11,15H,2-7,12H2,1H3,(H,16,17)/p-1. The van der Waals surface area contributed by atoms with Crippen molar-refractivity contribution in [1.82, 2.24) is 0 Å². The minimum Gasteiger partial charge on any atom is -0.755 e. The quantitative estimate of drug-likeness (QED) is 0.527. The lowest BCUT2D eigenvalue weighted by molar-refractivity contribution is 0.304. The van der Waals surface area contributed by atoms with Gasteiger partial charge in [0.1, 0.15) is 5.75 Å². The smallest absolute Gasteiger partial charge is 0.119 e. The van der Waals surface area contributed by atoms with Crippen LogP contribution in [0.25, 0.3) is 0 Å². The molecule has 1 rings (SSSR count). The van der Waals surface area contributed by atoms with Crippen molar-refractivity contribution in [2.24, 2.45) is 0 Å². The van der Waals surface area contributed by atoms with Gasteiger partial charge in [0, 0.05) is 17.0 Å². The number of unbranched alkanes of at least 4 members (excludes halogenated alkanes) is 5. The molecule has 0 aliphatic rings. The van der Waals surface area contributed by atoms with Gasteiger partial charge in [0.2, 0.25) is 0 Å². The Morgan fingerprint density at radius 2 is 1.74 bits per heavy atom. The zero-order chi connectivity index (χ0) is 13.9. The summed E-state index contributed by atoms with van der Waals surface area (Å²) in [6.45, 7) is 2.93. The van der Waals surface area contributed by atoms with Crippen LogP contribution in [0.1, 0.15) is 45.4 Å². The molecule has 1 atom stereocenters. The summed E-state index contributed by atoms with van der Waals surface area (Å²) >= 11 is -2.28. The van der Waals surface area contributed by atoms with Gasteiger partial charge in [-0.15, -0.1) is 0 Å². The first kappa shape index (κ1) is 16.0. The minimum absolute atomic E-state index is 0.542. The van der Waals surface area contributed by atoms with Gasteiger partial charge in [0.25, 0.3) is 0 Å². The summed E-state index contributed by atoms with van der Waals surface area (Å²) in [6, 6.07) is 6.91. The van der Waals surface area contributed by atoms with E-state index in [0.717, 1.165) is 12.2 Å². The Bertz CT molecular complexity index is 367. The van der Waals surface area contributed by atoms with Crippen LogP contribution in [0.3, 0.4) is 0 Å². The Kier molecular flexibility index (Phi) is 8.25. The summed E-state index contributed by atoms with van der Waals surface area (Å²) in [5.41, 5.74) is 0.542. The van der Waals surface area contributed by atoms with Gasteiger partial charge in [-0.25, -0.2) is 0 Å². The van der Waals surface area contributed by atoms with Crippen LogP contribution in [0, 0.1) is 0 Å². The molecule has 1 aromatic carbocycles. The number of hydrogen-bond acceptors (Lipinski definition) is 3. The predicted molar refractivity (Wildman–Crippen MR) is 77.9 cm³/mol. The van der Waals surface area contributed by atoms with Crippen LogP contribution in [-0.4, -0.2) is 15.4 Å². The fraction of sp³-hybridized carbons (Fsp3) is 0.571. The monoisotopic (exact) mass is 284 g/mol. The number of ether oxygens (including phenoxy) is 1. The van der Waals surface area contributed by atoms with E-state index in [0.29, 0.717) is 12.3 Å². The maximum absolute atomic E-state index is 10.4. The molecule has 1 N–H and O–H groups in total. The summed E-state index contributed by atoms with van der Waals surface area (Å²) in [6.07, 6.45) is 7.43. The van der Waals surface area contributed by atoms with Crippen LogP contribution >= 0.6 is 0 Å². The lowest BCUT2D eigenvalue weighted by Gasteiger charge is -2.10. The van der Waals surface area contributed by atoms with Crippen LogP contribution in [0.4, 0.5) is 5.69 Å². The minimum atomic E-state index is -2.28. The molecular weight excluding hydrogens is 262 g/mol. The van der Waals surface area contributed by atoms with E-state index >= 15 is 0 Å². The third-order valence-corrected chi connectivity index (χ3v) is 3.22. The second kappa shape index (κ2) is 9.81. The van der Waals surface area contributed by atoms with Gasteiger partial charge in [0.15, 0.2) is 0 Å². The average Bonchev–Trinajstić information content (AvgIpc) is 2.39. The van der Waals surface area contributed by atoms with E-state index in [4.69, 9.17) is 4.74 Å². The van der Waals surface area contributed by atoms with Gasteiger partial charge < -0.3 is 14.0 Å². The Labute approximate surface area is 118 Å². The molecule has 5 heteroatoms. The van der Waals surface area contributed by atoms with E-state index in [9.17, 15) is 8.76 Å². The summed E-state index contributed by atoms with van der Waals surface area (Å²) < 4.78 is 28.7. The number of benzene rings is 1. The summed E-state index contributed by atoms with van der Waals surface area (Å²) in [4.78, 5) is 0. The van der Waals surface area contributed by atoms with Crippen molar-refractivity contribution in [2.45, 2.75) is 45.4 Å². The average molecular weight is 284 g/mol. The largest absolute Gasteiger partial charge is 0.755 e. The van der Waals surface area contributed by atoms with E-state index in [-0.39, 0.29) is 0 Å². The van der Waals surface area contributed by atoms with Gasteiger partial charge in [0.05, 0.1) is 6.61 Å². The van der Waals surface area contributed by atoms with Crippen molar-refractivity contribution in [3.05, 3.63) is 24.3 Å². The van der Waals surface area contributed by atoms with Gasteiger partial charge in [-0.1, -0.05) is 39.0 Å². The second-order valence-corrected chi connectivity index (χ2v) is 5.15. The summed E-state index contributed by atoms with van der Waals surface area (Å²) in [5, 5.41) is 0. The van der Waals surface area contributed by atoms with Crippen LogP contribution in [0.5, 0.6) is 5.75 Å². The third kappa shape index (κ3) is 7.85. The van der Waals surface area contributed by atoms with Crippen molar-refractivity contribution in [3.63, 3.8) is 0 Å². The Balaban J connectivity index is 2.14. The van der Waals surface area contributed by atoms with Crippen molar-refractivity contribution in [1.29, 1.82) is 0 Å². The maximum atomic E-state index is 10.4. The van der Waals surface area contributed by atoms with Gasteiger partial charge in [-0.2, -0.15) is 0 Å². The molecule has 1 aromatic rings. The van der Waals surface area contributed by atoms with E-state index in [1.54, 1.807) is 24.3 Å². The maximum Gasteiger partial charge on any atom is 0.119 e. The van der Waals surface area contributed by atoms with Crippen LogP contribution in [-0.2, 0) is 11.3 Å². The first-order chi connectivity index (χ1) is 9.22. The third-order valence-electron chi connectivity index (χ3n) is 2.82. The normalized spacial score (nSPS) is 12.1. The molecule has 0 fully saturated rings. The SMILES string of the molecule is CCCCCCCCOc1ccc(NS(=O)[O-])cc1. The summed E-state index contributed by atoms with van der Waals surface area (Å²) in [5.74, 6) is 0.774. The number of anilines is 1. The van der Waals surface area contributed by atoms with Crippen LogP contribution in [0.2, 0.25) is 0 Å². The van der Waals surface area contributed by atoms with E-state index < -0.39 is 11.3 Å². The Morgan fingerprint density at radius 1 is 1.11 bits per heavy atom. The predicted octanol–water partition coefficient (Wildman–Crippen LogP) is 3.63. The number of nitrogens with one attached hydrogen (secondary N) is 1. The molecule has 0 saturated carbocycles. The fourth-order valence-electron chi connectivity index (χ4n) is 1.79. The number of hydrogen-bond donors (Lipinski definition) is 1. The summed E-state index contributed by atoms with van der Waals surface area (Å²) in [7, 11) is 0. The van der Waals surface area contributed by atoms with Gasteiger partial charge in [-0.3, -0.25) is 4.21 Å². The molecule has 0 amide bonds. The molecule has 0 saturated heterocycles. The second-order valence-electron chi connectivity index (χ2n) is 4.48. The molecule has 19 heavy (non-hydrogen) atoms. The molecule has 0 aromatic heterocycles. The van der Waals surface area contributed by atoms with Crippen molar-refractivity contribution < 1.29 is 13.5 Å². The van der Waals surface area contributed by atoms with E-state index in [1.807, 2.05) is 0 Å². The topological polar surface area (TPSA) is 61.4 Å². The van der Waals surface area contributed by atoms with Crippen LogP contribution < -0.4 is 9.46 Å². The fourth-order valence-corrected chi connectivity index (χ4v) is 2.12. The molecule has 0 heterocycles. The van der Waals surface area contributed by atoms with Crippen molar-refractivity contribution in [2.75, 3.05) is 11.3 Å². The lowest BCUT2D eigenvalue weighted by Crippen LogP contribution is -2.02. The number of rotatable bonds is 10. The van der Waals surface area contributed by atoms with Gasteiger partial charge >= 0.3 is 0 Å². The molecule has 1 unspecified atom stereocenters. The molecule has 0 spiro atoms. The zero-order valence-electron chi connectivity index (χ0n) is 11.4. The van der Waals surface area contributed by atoms with E-state index in [1.165, 1.54) is 32.1 Å². The highest BCUT2D eigenvalue weighted by Crippen LogP contribution is 2.16. The molecule has 0 radical (unpaired) electrons. The first-order valence-corrected chi connectivity index (χ1v) is 7.88. The molecule has 4 nitrogen and oxygen atoms in total. The highest BCUT2D eigenvalue weighted by molar-refractivity contribution is 7.80. The lowest BCUT2D eigenvalue weighted by atomic mass is 10.1. The highest BCUT2D eigenvalue weighted by atomic mass is 32.2. The van der Waals surface area contributed by atoms with Crippen LogP contribution in [0.15, 0.2) is 24.3 Å². The Morgan fingerprint density at radius 3 is 2.37 bits per heavy atom. The van der Waals surface area contributed by atoms with Crippen molar-refractivity contribution in [3.8, 4) is 5.75 Å². The molecule has 0 aliphatic heterocycles. The molecule has 0 bridgehead atoms. The highest BCUT2D eigenvalue weighted by Gasteiger charge is 1.96. The Hall–Kier alpha value is -1.07. The van der Waals surface area contributed by atoms with Gasteiger partial charge in [-0.05, 0) is 30.7 Å². The van der Waals surface area contributed by atoms with E-state index in [2.05, 4.69) is 11.6 Å². The molecule has 108 valence electrons. The van der Waals surface area contributed by atoms with Crippen molar-refractivity contribution >= 4 is 17.0 Å².